The Morgan fingerprint density at radius 3 is 2.54 bits per heavy atom. The maximum absolute atomic E-state index is 13.0. The fourth-order valence-corrected chi connectivity index (χ4v) is 3.75. The first kappa shape index (κ1) is 17.2. The van der Waals surface area contributed by atoms with Gasteiger partial charge in [0.1, 0.15) is 5.82 Å². The van der Waals surface area contributed by atoms with Crippen molar-refractivity contribution in [2.45, 2.75) is 44.9 Å². The van der Waals surface area contributed by atoms with Gasteiger partial charge < -0.3 is 9.42 Å². The van der Waals surface area contributed by atoms with Crippen LogP contribution in [-0.2, 0) is 11.2 Å². The van der Waals surface area contributed by atoms with E-state index >= 15 is 0 Å². The van der Waals surface area contributed by atoms with Gasteiger partial charge in [0, 0.05) is 31.0 Å². The molecule has 2 fully saturated rings. The molecule has 1 aliphatic heterocycles. The molecule has 0 spiro atoms. The van der Waals surface area contributed by atoms with Gasteiger partial charge >= 0.3 is 0 Å². The Balaban J connectivity index is 1.25. The van der Waals surface area contributed by atoms with Crippen LogP contribution in [0.1, 0.15) is 44.3 Å². The molecule has 0 atom stereocenters. The molecule has 4 rings (SSSR count). The minimum atomic E-state index is -0.282. The van der Waals surface area contributed by atoms with Crippen molar-refractivity contribution in [1.82, 2.24) is 15.0 Å². The molecule has 0 radical (unpaired) electrons. The third-order valence-corrected chi connectivity index (χ3v) is 5.72. The highest BCUT2D eigenvalue weighted by molar-refractivity contribution is 5.79. The van der Waals surface area contributed by atoms with Crippen LogP contribution in [-0.4, -0.2) is 34.0 Å². The highest BCUT2D eigenvalue weighted by Gasteiger charge is 2.31. The Morgan fingerprint density at radius 2 is 1.88 bits per heavy atom. The van der Waals surface area contributed by atoms with Gasteiger partial charge in [-0.1, -0.05) is 11.6 Å². The number of rotatable bonds is 5. The van der Waals surface area contributed by atoms with Crippen LogP contribution in [0.2, 0.25) is 0 Å². The molecule has 5 nitrogen and oxygen atoms in total. The summed E-state index contributed by atoms with van der Waals surface area (Å²) in [4.78, 5) is 18.8. The molecule has 26 heavy (non-hydrogen) atoms. The summed E-state index contributed by atoms with van der Waals surface area (Å²) in [6, 6.07) is 6.05. The van der Waals surface area contributed by atoms with Gasteiger partial charge in [0.05, 0.1) is 0 Å². The van der Waals surface area contributed by atoms with Crippen molar-refractivity contribution in [1.29, 1.82) is 0 Å². The van der Waals surface area contributed by atoms with Crippen molar-refractivity contribution in [3.63, 3.8) is 0 Å². The highest BCUT2D eigenvalue weighted by Crippen LogP contribution is 2.30. The second-order valence-electron chi connectivity index (χ2n) is 7.46. The van der Waals surface area contributed by atoms with Gasteiger partial charge in [0.25, 0.3) is 5.89 Å². The van der Waals surface area contributed by atoms with Crippen LogP contribution in [0.4, 0.5) is 4.39 Å². The zero-order chi connectivity index (χ0) is 17.9. The standard InChI is InChI=1S/C20H24FN3O2/c21-17-7-5-15(6-8-17)19-22-18(23-26-19)9-4-14-10-12-24(13-11-14)20(25)16-2-1-3-16/h5-8,14,16H,1-4,9-13H2. The molecule has 1 aromatic heterocycles. The molecule has 2 heterocycles. The number of hydrogen-bond acceptors (Lipinski definition) is 4. The Bertz CT molecular complexity index is 747. The average Bonchev–Trinajstić information content (AvgIpc) is 3.08. The van der Waals surface area contributed by atoms with Gasteiger partial charge in [-0.25, -0.2) is 4.39 Å². The molecule has 1 saturated heterocycles. The summed E-state index contributed by atoms with van der Waals surface area (Å²) in [5.74, 6) is 2.12. The van der Waals surface area contributed by atoms with E-state index in [4.69, 9.17) is 4.52 Å². The molecule has 0 bridgehead atoms. The van der Waals surface area contributed by atoms with Crippen molar-refractivity contribution in [3.05, 3.63) is 35.9 Å². The number of aromatic nitrogens is 2. The predicted molar refractivity (Wildman–Crippen MR) is 94.7 cm³/mol. The van der Waals surface area contributed by atoms with E-state index in [1.54, 1.807) is 12.1 Å². The van der Waals surface area contributed by atoms with E-state index < -0.39 is 0 Å². The fourth-order valence-electron chi connectivity index (χ4n) is 3.75. The second-order valence-corrected chi connectivity index (χ2v) is 7.46. The number of aryl methyl sites for hydroxylation is 1. The molecule has 2 aromatic rings. The van der Waals surface area contributed by atoms with E-state index in [-0.39, 0.29) is 5.82 Å². The number of benzene rings is 1. The SMILES string of the molecule is O=C(C1CCC1)N1CCC(CCc2noc(-c3ccc(F)cc3)n2)CC1. The van der Waals surface area contributed by atoms with Crippen LogP contribution >= 0.6 is 0 Å². The number of carbonyl (C=O) groups excluding carboxylic acids is 1. The van der Waals surface area contributed by atoms with Crippen LogP contribution in [0.15, 0.2) is 28.8 Å². The monoisotopic (exact) mass is 357 g/mol. The number of piperidine rings is 1. The van der Waals surface area contributed by atoms with Crippen LogP contribution in [0.3, 0.4) is 0 Å². The zero-order valence-electron chi connectivity index (χ0n) is 14.9. The molecule has 6 heteroatoms. The average molecular weight is 357 g/mol. The summed E-state index contributed by atoms with van der Waals surface area (Å²) in [6.45, 7) is 1.76. The number of likely N-dealkylation sites (tertiary alicyclic amines) is 1. The van der Waals surface area contributed by atoms with Crippen molar-refractivity contribution in [3.8, 4) is 11.5 Å². The quantitative estimate of drug-likeness (QED) is 0.816. The Labute approximate surface area is 152 Å². The minimum absolute atomic E-state index is 0.282. The van der Waals surface area contributed by atoms with Gasteiger partial charge in [-0.2, -0.15) is 4.98 Å². The summed E-state index contributed by atoms with van der Waals surface area (Å²) in [5.41, 5.74) is 0.730. The Morgan fingerprint density at radius 1 is 1.15 bits per heavy atom. The molecule has 1 aromatic carbocycles. The van der Waals surface area contributed by atoms with Crippen LogP contribution < -0.4 is 0 Å². The number of nitrogens with zero attached hydrogens (tertiary/aromatic N) is 3. The Hall–Kier alpha value is -2.24. The third-order valence-electron chi connectivity index (χ3n) is 5.72. The summed E-state index contributed by atoms with van der Waals surface area (Å²) < 4.78 is 18.3. The first-order valence-corrected chi connectivity index (χ1v) is 9.56. The maximum atomic E-state index is 13.0. The molecular formula is C20H24FN3O2. The molecule has 1 amide bonds. The van der Waals surface area contributed by atoms with E-state index in [1.165, 1.54) is 18.6 Å². The lowest BCUT2D eigenvalue weighted by molar-refractivity contribution is -0.139. The van der Waals surface area contributed by atoms with Crippen LogP contribution in [0.5, 0.6) is 0 Å². The normalized spacial score (nSPS) is 18.7. The zero-order valence-corrected chi connectivity index (χ0v) is 14.9. The van der Waals surface area contributed by atoms with Crippen LogP contribution in [0.25, 0.3) is 11.5 Å². The summed E-state index contributed by atoms with van der Waals surface area (Å²) in [5, 5.41) is 4.04. The summed E-state index contributed by atoms with van der Waals surface area (Å²) in [7, 11) is 0. The second kappa shape index (κ2) is 7.56. The fraction of sp³-hybridized carbons (Fsp3) is 0.550. The summed E-state index contributed by atoms with van der Waals surface area (Å²) in [6.07, 6.45) is 7.25. The lowest BCUT2D eigenvalue weighted by atomic mass is 9.83. The third kappa shape index (κ3) is 3.79. The van der Waals surface area contributed by atoms with E-state index in [2.05, 4.69) is 15.0 Å². The predicted octanol–water partition coefficient (Wildman–Crippen LogP) is 3.85. The van der Waals surface area contributed by atoms with Crippen molar-refractivity contribution in [2.75, 3.05) is 13.1 Å². The van der Waals surface area contributed by atoms with E-state index in [0.29, 0.717) is 29.5 Å². The maximum Gasteiger partial charge on any atom is 0.257 e. The smallest absolute Gasteiger partial charge is 0.257 e. The van der Waals surface area contributed by atoms with Gasteiger partial charge in [-0.05, 0) is 62.3 Å². The molecule has 1 aliphatic carbocycles. The number of amides is 1. The van der Waals surface area contributed by atoms with Crippen molar-refractivity contribution < 1.29 is 13.7 Å². The molecule has 138 valence electrons. The van der Waals surface area contributed by atoms with Gasteiger partial charge in [0.15, 0.2) is 5.82 Å². The lowest BCUT2D eigenvalue weighted by Gasteiger charge is -2.36. The van der Waals surface area contributed by atoms with E-state index in [9.17, 15) is 9.18 Å². The van der Waals surface area contributed by atoms with Crippen molar-refractivity contribution >= 4 is 5.91 Å². The number of hydrogen-bond donors (Lipinski definition) is 0. The lowest BCUT2D eigenvalue weighted by Crippen LogP contribution is -2.43. The largest absolute Gasteiger partial charge is 0.342 e. The highest BCUT2D eigenvalue weighted by atomic mass is 19.1. The molecule has 1 saturated carbocycles. The van der Waals surface area contributed by atoms with Crippen LogP contribution in [0, 0.1) is 17.7 Å². The number of halogens is 1. The minimum Gasteiger partial charge on any atom is -0.342 e. The molecule has 0 unspecified atom stereocenters. The Kier molecular flexibility index (Phi) is 5.00. The molecule has 2 aliphatic rings. The summed E-state index contributed by atoms with van der Waals surface area (Å²) >= 11 is 0. The molecule has 0 N–H and O–H groups in total. The number of carbonyl (C=O) groups is 1. The first-order valence-electron chi connectivity index (χ1n) is 9.56. The van der Waals surface area contributed by atoms with Gasteiger partial charge in [0.2, 0.25) is 5.91 Å². The van der Waals surface area contributed by atoms with E-state index in [0.717, 1.165) is 57.2 Å². The first-order chi connectivity index (χ1) is 12.7. The van der Waals surface area contributed by atoms with Gasteiger partial charge in [-0.15, -0.1) is 0 Å². The van der Waals surface area contributed by atoms with Gasteiger partial charge in [-0.3, -0.25) is 4.79 Å². The van der Waals surface area contributed by atoms with Crippen molar-refractivity contribution in [2.24, 2.45) is 11.8 Å². The van der Waals surface area contributed by atoms with E-state index in [1.807, 2.05) is 0 Å². The molecular weight excluding hydrogens is 333 g/mol. The topological polar surface area (TPSA) is 59.2 Å².